The van der Waals surface area contributed by atoms with E-state index < -0.39 is 0 Å². The summed E-state index contributed by atoms with van der Waals surface area (Å²) in [5.74, 6) is 2.69. The van der Waals surface area contributed by atoms with Crippen LogP contribution in [-0.2, 0) is 0 Å². The number of rotatable bonds is 2. The van der Waals surface area contributed by atoms with Gasteiger partial charge in [-0.1, -0.05) is 0 Å². The Labute approximate surface area is 72.7 Å². The van der Waals surface area contributed by atoms with Gasteiger partial charge in [0.25, 0.3) is 0 Å². The summed E-state index contributed by atoms with van der Waals surface area (Å²) in [5, 5.41) is 3.68. The summed E-state index contributed by atoms with van der Waals surface area (Å²) >= 11 is 2.08. The fraction of sp³-hybridized carbons (Fsp3) is 1.00. The third kappa shape index (κ3) is 1.89. The lowest BCUT2D eigenvalue weighted by Crippen LogP contribution is -2.58. The van der Waals surface area contributed by atoms with Gasteiger partial charge >= 0.3 is 0 Å². The molecule has 0 saturated carbocycles. The van der Waals surface area contributed by atoms with Gasteiger partial charge in [0.15, 0.2) is 0 Å². The highest BCUT2D eigenvalue weighted by atomic mass is 32.2. The Balaban J connectivity index is 1.66. The molecule has 0 aromatic heterocycles. The van der Waals surface area contributed by atoms with Crippen molar-refractivity contribution in [2.45, 2.75) is 18.5 Å². The van der Waals surface area contributed by atoms with Gasteiger partial charge in [0, 0.05) is 30.9 Å². The second-order valence-corrected chi connectivity index (χ2v) is 4.80. The minimum absolute atomic E-state index is 0.795. The molecule has 0 spiro atoms. The van der Waals surface area contributed by atoms with Crippen molar-refractivity contribution in [3.05, 3.63) is 0 Å². The van der Waals surface area contributed by atoms with Crippen molar-refractivity contribution in [3.8, 4) is 0 Å². The highest BCUT2D eigenvalue weighted by Crippen LogP contribution is 2.18. The minimum Gasteiger partial charge on any atom is -0.308 e. The van der Waals surface area contributed by atoms with Crippen LogP contribution in [0.2, 0.25) is 0 Å². The van der Waals surface area contributed by atoms with Gasteiger partial charge in [0.2, 0.25) is 0 Å². The molecule has 2 saturated heterocycles. The van der Waals surface area contributed by atoms with Crippen LogP contribution in [0.25, 0.3) is 0 Å². The van der Waals surface area contributed by atoms with Gasteiger partial charge in [0.05, 0.1) is 0 Å². The van der Waals surface area contributed by atoms with Crippen molar-refractivity contribution in [1.29, 1.82) is 0 Å². The number of hydrogen-bond acceptors (Lipinski definition) is 3. The lowest BCUT2D eigenvalue weighted by molar-refractivity contribution is 0.153. The Morgan fingerprint density at radius 3 is 2.73 bits per heavy atom. The van der Waals surface area contributed by atoms with E-state index >= 15 is 0 Å². The first-order chi connectivity index (χ1) is 5.34. The Bertz CT molecular complexity index is 128. The Morgan fingerprint density at radius 1 is 1.36 bits per heavy atom. The zero-order chi connectivity index (χ0) is 7.68. The van der Waals surface area contributed by atoms with Crippen LogP contribution in [0.5, 0.6) is 0 Å². The molecule has 2 heterocycles. The van der Waals surface area contributed by atoms with Gasteiger partial charge in [-0.2, -0.15) is 11.8 Å². The van der Waals surface area contributed by atoms with Gasteiger partial charge in [-0.05, 0) is 19.2 Å². The third-order valence-electron chi connectivity index (χ3n) is 2.47. The maximum absolute atomic E-state index is 3.68. The predicted octanol–water partition coefficient (Wildman–Crippen LogP) is 0.395. The SMILES string of the molecule is CN1CC(NC2CCSC2)C1. The third-order valence-corrected chi connectivity index (χ3v) is 3.63. The molecule has 0 aromatic rings. The smallest absolute Gasteiger partial charge is 0.0325 e. The molecule has 0 aromatic carbocycles. The van der Waals surface area contributed by atoms with Gasteiger partial charge in [-0.25, -0.2) is 0 Å². The molecule has 2 aliphatic rings. The number of thioether (sulfide) groups is 1. The van der Waals surface area contributed by atoms with Gasteiger partial charge in [-0.3, -0.25) is 0 Å². The van der Waals surface area contributed by atoms with Gasteiger partial charge in [0.1, 0.15) is 0 Å². The number of likely N-dealkylation sites (N-methyl/N-ethyl adjacent to an activating group) is 1. The fourth-order valence-corrected chi connectivity index (χ4v) is 2.97. The molecule has 0 radical (unpaired) electrons. The Morgan fingerprint density at radius 2 is 2.18 bits per heavy atom. The summed E-state index contributed by atoms with van der Waals surface area (Å²) in [7, 11) is 2.18. The van der Waals surface area contributed by atoms with E-state index in [-0.39, 0.29) is 0 Å². The quantitative estimate of drug-likeness (QED) is 0.649. The number of likely N-dealkylation sites (tertiary alicyclic amines) is 1. The summed E-state index contributed by atoms with van der Waals surface area (Å²) in [5.41, 5.74) is 0. The summed E-state index contributed by atoms with van der Waals surface area (Å²) in [6.07, 6.45) is 1.38. The first kappa shape index (κ1) is 7.90. The van der Waals surface area contributed by atoms with Crippen LogP contribution in [0.3, 0.4) is 0 Å². The van der Waals surface area contributed by atoms with E-state index in [2.05, 4.69) is 29.0 Å². The van der Waals surface area contributed by atoms with Crippen LogP contribution in [0.4, 0.5) is 0 Å². The van der Waals surface area contributed by atoms with Gasteiger partial charge in [-0.15, -0.1) is 0 Å². The molecule has 64 valence electrons. The van der Waals surface area contributed by atoms with Crippen LogP contribution in [0.1, 0.15) is 6.42 Å². The van der Waals surface area contributed by atoms with Crippen molar-refractivity contribution in [2.75, 3.05) is 31.6 Å². The molecule has 2 rings (SSSR count). The molecule has 2 fully saturated rings. The Kier molecular flexibility index (Phi) is 2.39. The van der Waals surface area contributed by atoms with Crippen LogP contribution in [0, 0.1) is 0 Å². The fourth-order valence-electron chi connectivity index (χ4n) is 1.80. The van der Waals surface area contributed by atoms with Gasteiger partial charge < -0.3 is 10.2 Å². The van der Waals surface area contributed by atoms with E-state index in [0.717, 1.165) is 12.1 Å². The van der Waals surface area contributed by atoms with E-state index in [4.69, 9.17) is 0 Å². The van der Waals surface area contributed by atoms with Crippen molar-refractivity contribution in [2.24, 2.45) is 0 Å². The average Bonchev–Trinajstić information content (AvgIpc) is 2.36. The molecular weight excluding hydrogens is 156 g/mol. The van der Waals surface area contributed by atoms with E-state index in [0.29, 0.717) is 0 Å². The summed E-state index contributed by atoms with van der Waals surface area (Å²) in [6.45, 7) is 2.50. The van der Waals surface area contributed by atoms with E-state index in [1.165, 1.54) is 31.0 Å². The normalized spacial score (nSPS) is 34.1. The van der Waals surface area contributed by atoms with Crippen molar-refractivity contribution in [1.82, 2.24) is 10.2 Å². The first-order valence-corrected chi connectivity index (χ1v) is 5.52. The summed E-state index contributed by atoms with van der Waals surface area (Å²) in [4.78, 5) is 2.36. The molecule has 2 nitrogen and oxygen atoms in total. The zero-order valence-electron chi connectivity index (χ0n) is 7.05. The molecule has 0 aliphatic carbocycles. The van der Waals surface area contributed by atoms with Crippen LogP contribution < -0.4 is 5.32 Å². The van der Waals surface area contributed by atoms with E-state index in [1.807, 2.05) is 0 Å². The molecule has 3 heteroatoms. The molecule has 1 atom stereocenters. The molecule has 11 heavy (non-hydrogen) atoms. The lowest BCUT2D eigenvalue weighted by Gasteiger charge is -2.38. The van der Waals surface area contributed by atoms with Crippen molar-refractivity contribution < 1.29 is 0 Å². The maximum atomic E-state index is 3.68. The monoisotopic (exact) mass is 172 g/mol. The second kappa shape index (κ2) is 3.33. The second-order valence-electron chi connectivity index (χ2n) is 3.65. The highest BCUT2D eigenvalue weighted by molar-refractivity contribution is 7.99. The first-order valence-electron chi connectivity index (χ1n) is 4.37. The standard InChI is InChI=1S/C8H16N2S/c1-10-4-8(5-10)9-7-2-3-11-6-7/h7-9H,2-6H2,1H3. The largest absolute Gasteiger partial charge is 0.308 e. The van der Waals surface area contributed by atoms with E-state index in [1.54, 1.807) is 0 Å². The number of hydrogen-bond donors (Lipinski definition) is 1. The number of nitrogens with one attached hydrogen (secondary N) is 1. The Hall–Kier alpha value is 0.270. The molecule has 0 bridgehead atoms. The summed E-state index contributed by atoms with van der Waals surface area (Å²) in [6, 6.07) is 1.61. The van der Waals surface area contributed by atoms with Crippen LogP contribution >= 0.6 is 11.8 Å². The molecule has 2 aliphatic heterocycles. The molecular formula is C8H16N2S. The van der Waals surface area contributed by atoms with E-state index in [9.17, 15) is 0 Å². The van der Waals surface area contributed by atoms with Crippen LogP contribution in [0.15, 0.2) is 0 Å². The predicted molar refractivity (Wildman–Crippen MR) is 50.2 cm³/mol. The molecule has 1 unspecified atom stereocenters. The molecule has 0 amide bonds. The minimum atomic E-state index is 0.795. The summed E-state index contributed by atoms with van der Waals surface area (Å²) < 4.78 is 0. The van der Waals surface area contributed by atoms with Crippen molar-refractivity contribution >= 4 is 11.8 Å². The topological polar surface area (TPSA) is 15.3 Å². The highest BCUT2D eigenvalue weighted by Gasteiger charge is 2.26. The average molecular weight is 172 g/mol. The van der Waals surface area contributed by atoms with Crippen molar-refractivity contribution in [3.63, 3.8) is 0 Å². The van der Waals surface area contributed by atoms with Crippen LogP contribution in [-0.4, -0.2) is 48.6 Å². The lowest BCUT2D eigenvalue weighted by atomic mass is 10.1. The number of nitrogens with zero attached hydrogens (tertiary/aromatic N) is 1. The zero-order valence-corrected chi connectivity index (χ0v) is 7.86. The maximum Gasteiger partial charge on any atom is 0.0325 e. The molecule has 1 N–H and O–H groups in total.